The summed E-state index contributed by atoms with van der Waals surface area (Å²) in [6.07, 6.45) is 0. The summed E-state index contributed by atoms with van der Waals surface area (Å²) >= 11 is 6.03. The molecule has 6 heteroatoms. The van der Waals surface area contributed by atoms with E-state index in [0.29, 0.717) is 23.7 Å². The molecule has 2 rings (SSSR count). The summed E-state index contributed by atoms with van der Waals surface area (Å²) in [5, 5.41) is 23.4. The van der Waals surface area contributed by atoms with Gasteiger partial charge in [-0.25, -0.2) is 0 Å². The van der Waals surface area contributed by atoms with Gasteiger partial charge in [-0.1, -0.05) is 35.9 Å². The molecule has 0 bridgehead atoms. The Hall–Kier alpha value is -1.95. The molecule has 0 fully saturated rings. The second-order valence-corrected chi connectivity index (χ2v) is 5.02. The Morgan fingerprint density at radius 2 is 1.76 bits per heavy atom. The second kappa shape index (κ2) is 7.17. The Bertz CT molecular complexity index is 629. The lowest BCUT2D eigenvalue weighted by Gasteiger charge is -2.07. The van der Waals surface area contributed by atoms with Gasteiger partial charge in [0, 0.05) is 30.2 Å². The number of rotatable bonds is 6. The average Bonchev–Trinajstić information content (AvgIpc) is 2.49. The lowest BCUT2D eigenvalue weighted by Crippen LogP contribution is -2.13. The molecule has 0 saturated carbocycles. The third-order valence-corrected chi connectivity index (χ3v) is 3.46. The standard InChI is InChI=1S/C15H15ClN2O3/c16-15-6-5-14(18(20)21)7-13(15)9-17-8-11-1-3-12(10-19)4-2-11/h1-7,17,19H,8-10H2. The van der Waals surface area contributed by atoms with Gasteiger partial charge in [-0.05, 0) is 22.8 Å². The fourth-order valence-electron chi connectivity index (χ4n) is 1.91. The first-order valence-corrected chi connectivity index (χ1v) is 6.80. The van der Waals surface area contributed by atoms with Gasteiger partial charge in [-0.15, -0.1) is 0 Å². The monoisotopic (exact) mass is 306 g/mol. The molecule has 0 unspecified atom stereocenters. The highest BCUT2D eigenvalue weighted by Crippen LogP contribution is 2.21. The number of aliphatic hydroxyl groups excluding tert-OH is 1. The number of nitrogens with one attached hydrogen (secondary N) is 1. The van der Waals surface area contributed by atoms with Gasteiger partial charge in [0.25, 0.3) is 5.69 Å². The number of halogens is 1. The van der Waals surface area contributed by atoms with Gasteiger partial charge < -0.3 is 10.4 Å². The molecular formula is C15H15ClN2O3. The van der Waals surface area contributed by atoms with Crippen molar-refractivity contribution in [3.63, 3.8) is 0 Å². The van der Waals surface area contributed by atoms with Crippen molar-refractivity contribution in [3.05, 3.63) is 74.3 Å². The minimum atomic E-state index is -0.437. The van der Waals surface area contributed by atoms with Gasteiger partial charge in [0.2, 0.25) is 0 Å². The number of non-ortho nitro benzene ring substituents is 1. The van der Waals surface area contributed by atoms with Crippen molar-refractivity contribution < 1.29 is 10.0 Å². The van der Waals surface area contributed by atoms with E-state index in [1.54, 1.807) is 0 Å². The van der Waals surface area contributed by atoms with Crippen LogP contribution in [0.3, 0.4) is 0 Å². The Morgan fingerprint density at radius 3 is 2.38 bits per heavy atom. The molecule has 0 amide bonds. The molecule has 0 aliphatic heterocycles. The minimum absolute atomic E-state index is 0.0248. The Balaban J connectivity index is 1.96. The van der Waals surface area contributed by atoms with Crippen LogP contribution in [0.15, 0.2) is 42.5 Å². The van der Waals surface area contributed by atoms with E-state index in [1.807, 2.05) is 24.3 Å². The topological polar surface area (TPSA) is 75.4 Å². The van der Waals surface area contributed by atoms with Crippen LogP contribution in [0, 0.1) is 10.1 Å². The molecule has 5 nitrogen and oxygen atoms in total. The Kier molecular flexibility index (Phi) is 5.27. The van der Waals surface area contributed by atoms with Crippen LogP contribution in [0.5, 0.6) is 0 Å². The second-order valence-electron chi connectivity index (χ2n) is 4.61. The van der Waals surface area contributed by atoms with E-state index >= 15 is 0 Å². The summed E-state index contributed by atoms with van der Waals surface area (Å²) in [5.41, 5.74) is 2.65. The summed E-state index contributed by atoms with van der Waals surface area (Å²) in [4.78, 5) is 10.3. The Labute approximate surface area is 127 Å². The van der Waals surface area contributed by atoms with E-state index in [2.05, 4.69) is 5.32 Å². The summed E-state index contributed by atoms with van der Waals surface area (Å²) in [6, 6.07) is 12.0. The highest BCUT2D eigenvalue weighted by molar-refractivity contribution is 6.31. The fourth-order valence-corrected chi connectivity index (χ4v) is 2.10. The molecule has 21 heavy (non-hydrogen) atoms. The van der Waals surface area contributed by atoms with Gasteiger partial charge in [0.05, 0.1) is 11.5 Å². The van der Waals surface area contributed by atoms with Gasteiger partial charge in [0.15, 0.2) is 0 Å². The van der Waals surface area contributed by atoms with Crippen molar-refractivity contribution in [2.75, 3.05) is 0 Å². The van der Waals surface area contributed by atoms with E-state index < -0.39 is 4.92 Å². The molecule has 0 heterocycles. The van der Waals surface area contributed by atoms with Crippen LogP contribution < -0.4 is 5.32 Å². The van der Waals surface area contributed by atoms with Gasteiger partial charge >= 0.3 is 0 Å². The fraction of sp³-hybridized carbons (Fsp3) is 0.200. The van der Waals surface area contributed by atoms with Crippen LogP contribution >= 0.6 is 11.6 Å². The third kappa shape index (κ3) is 4.26. The molecule has 0 spiro atoms. The first kappa shape index (κ1) is 15.4. The molecule has 2 aromatic carbocycles. The van der Waals surface area contributed by atoms with Crippen LogP contribution in [-0.4, -0.2) is 10.0 Å². The van der Waals surface area contributed by atoms with E-state index in [-0.39, 0.29) is 12.3 Å². The van der Waals surface area contributed by atoms with Crippen molar-refractivity contribution in [2.24, 2.45) is 0 Å². The van der Waals surface area contributed by atoms with Crippen LogP contribution in [0.25, 0.3) is 0 Å². The first-order valence-electron chi connectivity index (χ1n) is 6.42. The number of aliphatic hydroxyl groups is 1. The minimum Gasteiger partial charge on any atom is -0.392 e. The maximum absolute atomic E-state index is 10.7. The summed E-state index contributed by atoms with van der Waals surface area (Å²) in [6.45, 7) is 1.09. The van der Waals surface area contributed by atoms with Crippen molar-refractivity contribution >= 4 is 17.3 Å². The molecule has 0 atom stereocenters. The van der Waals surface area contributed by atoms with Crippen molar-refractivity contribution in [1.82, 2.24) is 5.32 Å². The maximum Gasteiger partial charge on any atom is 0.269 e. The molecule has 110 valence electrons. The number of benzene rings is 2. The van der Waals surface area contributed by atoms with Gasteiger partial charge in [-0.3, -0.25) is 10.1 Å². The van der Waals surface area contributed by atoms with Crippen LogP contribution in [0.4, 0.5) is 5.69 Å². The van der Waals surface area contributed by atoms with Crippen molar-refractivity contribution in [3.8, 4) is 0 Å². The van der Waals surface area contributed by atoms with E-state index in [0.717, 1.165) is 11.1 Å². The summed E-state index contributed by atoms with van der Waals surface area (Å²) < 4.78 is 0. The molecule has 2 aromatic rings. The predicted octanol–water partition coefficient (Wildman–Crippen LogP) is 3.03. The number of hydrogen-bond donors (Lipinski definition) is 2. The van der Waals surface area contributed by atoms with E-state index in [1.165, 1.54) is 18.2 Å². The largest absolute Gasteiger partial charge is 0.392 e. The molecule has 2 N–H and O–H groups in total. The van der Waals surface area contributed by atoms with Crippen LogP contribution in [0.1, 0.15) is 16.7 Å². The SMILES string of the molecule is O=[N+]([O-])c1ccc(Cl)c(CNCc2ccc(CO)cc2)c1. The molecular weight excluding hydrogens is 292 g/mol. The van der Waals surface area contributed by atoms with Crippen molar-refractivity contribution in [2.45, 2.75) is 19.7 Å². The van der Waals surface area contributed by atoms with Crippen molar-refractivity contribution in [1.29, 1.82) is 0 Å². The molecule has 0 radical (unpaired) electrons. The Morgan fingerprint density at radius 1 is 1.10 bits per heavy atom. The maximum atomic E-state index is 10.7. The lowest BCUT2D eigenvalue weighted by atomic mass is 10.1. The van der Waals surface area contributed by atoms with Gasteiger partial charge in [0.1, 0.15) is 0 Å². The summed E-state index contributed by atoms with van der Waals surface area (Å²) in [7, 11) is 0. The predicted molar refractivity (Wildman–Crippen MR) is 81.0 cm³/mol. The van der Waals surface area contributed by atoms with E-state index in [4.69, 9.17) is 16.7 Å². The zero-order valence-corrected chi connectivity index (χ0v) is 12.0. The van der Waals surface area contributed by atoms with Crippen LogP contribution in [0.2, 0.25) is 5.02 Å². The van der Waals surface area contributed by atoms with Crippen LogP contribution in [-0.2, 0) is 19.7 Å². The first-order chi connectivity index (χ1) is 10.1. The molecule has 0 aliphatic rings. The quantitative estimate of drug-likeness (QED) is 0.635. The molecule has 0 saturated heterocycles. The molecule has 0 aromatic heterocycles. The average molecular weight is 307 g/mol. The highest BCUT2D eigenvalue weighted by atomic mass is 35.5. The highest BCUT2D eigenvalue weighted by Gasteiger charge is 2.09. The number of nitro groups is 1. The number of nitrogens with zero attached hydrogens (tertiary/aromatic N) is 1. The zero-order chi connectivity index (χ0) is 15.2. The normalized spacial score (nSPS) is 10.6. The third-order valence-electron chi connectivity index (χ3n) is 3.09. The smallest absolute Gasteiger partial charge is 0.269 e. The summed E-state index contributed by atoms with van der Waals surface area (Å²) in [5.74, 6) is 0. The van der Waals surface area contributed by atoms with E-state index in [9.17, 15) is 10.1 Å². The molecule has 0 aliphatic carbocycles. The number of hydrogen-bond acceptors (Lipinski definition) is 4. The zero-order valence-electron chi connectivity index (χ0n) is 11.3. The number of nitro benzene ring substituents is 1. The lowest BCUT2D eigenvalue weighted by molar-refractivity contribution is -0.384. The van der Waals surface area contributed by atoms with Gasteiger partial charge in [-0.2, -0.15) is 0 Å².